The molecule has 0 N–H and O–H groups in total. The van der Waals surface area contributed by atoms with Crippen LogP contribution in [0.15, 0.2) is 28.7 Å². The highest BCUT2D eigenvalue weighted by molar-refractivity contribution is 9.10. The monoisotopic (exact) mass is 325 g/mol. The van der Waals surface area contributed by atoms with E-state index >= 15 is 0 Å². The number of carbonyl (C=O) groups is 1. The van der Waals surface area contributed by atoms with Gasteiger partial charge in [-0.05, 0) is 32.4 Å². The van der Waals surface area contributed by atoms with Gasteiger partial charge in [-0.15, -0.1) is 0 Å². The second-order valence-electron chi connectivity index (χ2n) is 5.37. The second-order valence-corrected chi connectivity index (χ2v) is 6.23. The van der Waals surface area contributed by atoms with Crippen LogP contribution in [0, 0.1) is 0 Å². The summed E-state index contributed by atoms with van der Waals surface area (Å²) in [5.41, 5.74) is 0.638. The fraction of sp³-hybridized carbons (Fsp3) is 0.533. The number of ether oxygens (including phenoxy) is 1. The molecule has 3 nitrogen and oxygen atoms in total. The van der Waals surface area contributed by atoms with E-state index in [4.69, 9.17) is 4.74 Å². The molecule has 0 spiro atoms. The van der Waals surface area contributed by atoms with Gasteiger partial charge in [-0.1, -0.05) is 34.1 Å². The lowest BCUT2D eigenvalue weighted by molar-refractivity contribution is -0.0485. The predicted octanol–water partition coefficient (Wildman–Crippen LogP) is 3.13. The van der Waals surface area contributed by atoms with E-state index in [-0.39, 0.29) is 11.4 Å². The number of rotatable bonds is 4. The minimum absolute atomic E-state index is 0.119. The first kappa shape index (κ1) is 14.7. The largest absolute Gasteiger partial charge is 0.377 e. The molecule has 1 saturated heterocycles. The lowest BCUT2D eigenvalue weighted by Crippen LogP contribution is -2.48. The minimum Gasteiger partial charge on any atom is -0.377 e. The maximum absolute atomic E-state index is 12.3. The first-order chi connectivity index (χ1) is 9.04. The van der Waals surface area contributed by atoms with Crippen LogP contribution < -0.4 is 0 Å². The van der Waals surface area contributed by atoms with Crippen LogP contribution in [0.2, 0.25) is 0 Å². The summed E-state index contributed by atoms with van der Waals surface area (Å²) >= 11 is 3.43. The smallest absolute Gasteiger partial charge is 0.177 e. The Morgan fingerprint density at radius 1 is 1.47 bits per heavy atom. The molecule has 1 aliphatic heterocycles. The zero-order chi connectivity index (χ0) is 13.9. The highest BCUT2D eigenvalue weighted by Crippen LogP contribution is 2.24. The Bertz CT molecular complexity index is 463. The van der Waals surface area contributed by atoms with Crippen molar-refractivity contribution in [2.45, 2.75) is 25.4 Å². The maximum Gasteiger partial charge on any atom is 0.177 e. The van der Waals surface area contributed by atoms with Crippen LogP contribution in [-0.4, -0.2) is 43.0 Å². The van der Waals surface area contributed by atoms with E-state index in [0.717, 1.165) is 36.0 Å². The van der Waals surface area contributed by atoms with Gasteiger partial charge in [0.05, 0.1) is 12.1 Å². The molecule has 0 amide bonds. The number of benzene rings is 1. The fourth-order valence-electron chi connectivity index (χ4n) is 2.58. The molecule has 1 aromatic rings. The van der Waals surface area contributed by atoms with Crippen LogP contribution in [-0.2, 0) is 4.74 Å². The molecule has 1 fully saturated rings. The van der Waals surface area contributed by atoms with Crippen LogP contribution in [0.5, 0.6) is 0 Å². The van der Waals surface area contributed by atoms with Crippen LogP contribution in [0.4, 0.5) is 0 Å². The van der Waals surface area contributed by atoms with Crippen molar-refractivity contribution in [1.82, 2.24) is 4.90 Å². The molecule has 1 aliphatic rings. The Hall–Kier alpha value is -0.710. The summed E-state index contributed by atoms with van der Waals surface area (Å²) in [6, 6.07) is 7.59. The van der Waals surface area contributed by atoms with Crippen molar-refractivity contribution < 1.29 is 9.53 Å². The van der Waals surface area contributed by atoms with Gasteiger partial charge in [-0.2, -0.15) is 0 Å². The van der Waals surface area contributed by atoms with Gasteiger partial charge in [0.25, 0.3) is 0 Å². The zero-order valence-electron chi connectivity index (χ0n) is 11.5. The first-order valence-corrected chi connectivity index (χ1v) is 7.39. The molecule has 19 heavy (non-hydrogen) atoms. The lowest BCUT2D eigenvalue weighted by atomic mass is 9.94. The Morgan fingerprint density at radius 2 is 2.21 bits per heavy atom. The summed E-state index contributed by atoms with van der Waals surface area (Å²) in [7, 11) is 1.75. The number of methoxy groups -OCH3 is 1. The zero-order valence-corrected chi connectivity index (χ0v) is 13.1. The average Bonchev–Trinajstić information content (AvgIpc) is 2.39. The maximum atomic E-state index is 12.3. The van der Waals surface area contributed by atoms with Gasteiger partial charge in [0.2, 0.25) is 0 Å². The second kappa shape index (κ2) is 6.16. The summed E-state index contributed by atoms with van der Waals surface area (Å²) in [4.78, 5) is 14.5. The lowest BCUT2D eigenvalue weighted by Gasteiger charge is -2.39. The molecule has 1 aromatic carbocycles. The Kier molecular flexibility index (Phi) is 4.76. The van der Waals surface area contributed by atoms with E-state index in [1.165, 1.54) is 0 Å². The van der Waals surface area contributed by atoms with E-state index in [2.05, 4.69) is 27.8 Å². The number of nitrogens with zero attached hydrogens (tertiary/aromatic N) is 1. The number of hydrogen-bond acceptors (Lipinski definition) is 3. The van der Waals surface area contributed by atoms with Gasteiger partial charge in [-0.3, -0.25) is 9.69 Å². The van der Waals surface area contributed by atoms with Crippen molar-refractivity contribution in [3.05, 3.63) is 34.3 Å². The SMILES string of the molecule is COC1(C)CCCN(CC(=O)c2ccccc2Br)C1. The number of piperidine rings is 1. The quantitative estimate of drug-likeness (QED) is 0.796. The van der Waals surface area contributed by atoms with Crippen molar-refractivity contribution in [3.63, 3.8) is 0 Å². The molecule has 0 bridgehead atoms. The molecule has 1 heterocycles. The molecule has 0 aliphatic carbocycles. The van der Waals surface area contributed by atoms with E-state index < -0.39 is 0 Å². The number of carbonyl (C=O) groups excluding carboxylic acids is 1. The molecule has 104 valence electrons. The van der Waals surface area contributed by atoms with Gasteiger partial charge in [0.1, 0.15) is 0 Å². The highest BCUT2D eigenvalue weighted by Gasteiger charge is 2.31. The van der Waals surface area contributed by atoms with Crippen molar-refractivity contribution >= 4 is 21.7 Å². The number of halogens is 1. The molecule has 0 saturated carbocycles. The molecule has 0 radical (unpaired) electrons. The Morgan fingerprint density at radius 3 is 2.89 bits per heavy atom. The summed E-state index contributed by atoms with van der Waals surface area (Å²) < 4.78 is 6.42. The third-order valence-electron chi connectivity index (χ3n) is 3.77. The van der Waals surface area contributed by atoms with Gasteiger partial charge in [0, 0.05) is 23.7 Å². The molecule has 2 rings (SSSR count). The Labute approximate surface area is 123 Å². The number of hydrogen-bond donors (Lipinski definition) is 0. The van der Waals surface area contributed by atoms with E-state index in [1.54, 1.807) is 7.11 Å². The predicted molar refractivity (Wildman–Crippen MR) is 79.6 cm³/mol. The average molecular weight is 326 g/mol. The van der Waals surface area contributed by atoms with Gasteiger partial charge >= 0.3 is 0 Å². The van der Waals surface area contributed by atoms with Crippen LogP contribution in [0.1, 0.15) is 30.1 Å². The number of likely N-dealkylation sites (tertiary alicyclic amines) is 1. The summed E-state index contributed by atoms with van der Waals surface area (Å²) in [5.74, 6) is 0.160. The normalized spacial score (nSPS) is 24.4. The van der Waals surface area contributed by atoms with Gasteiger partial charge < -0.3 is 4.74 Å². The van der Waals surface area contributed by atoms with Gasteiger partial charge in [-0.25, -0.2) is 0 Å². The van der Waals surface area contributed by atoms with E-state index in [1.807, 2.05) is 24.3 Å². The topological polar surface area (TPSA) is 29.5 Å². The van der Waals surface area contributed by atoms with Crippen LogP contribution >= 0.6 is 15.9 Å². The fourth-order valence-corrected chi connectivity index (χ4v) is 3.09. The van der Waals surface area contributed by atoms with Crippen LogP contribution in [0.25, 0.3) is 0 Å². The van der Waals surface area contributed by atoms with Crippen molar-refractivity contribution in [3.8, 4) is 0 Å². The van der Waals surface area contributed by atoms with Crippen LogP contribution in [0.3, 0.4) is 0 Å². The molecule has 1 unspecified atom stereocenters. The van der Waals surface area contributed by atoms with Crippen molar-refractivity contribution in [2.24, 2.45) is 0 Å². The third-order valence-corrected chi connectivity index (χ3v) is 4.46. The molecule has 4 heteroatoms. The van der Waals surface area contributed by atoms with Gasteiger partial charge in [0.15, 0.2) is 5.78 Å². The Balaban J connectivity index is 2.02. The summed E-state index contributed by atoms with van der Waals surface area (Å²) in [5, 5.41) is 0. The molecular weight excluding hydrogens is 306 g/mol. The highest BCUT2D eigenvalue weighted by atomic mass is 79.9. The van der Waals surface area contributed by atoms with Crippen molar-refractivity contribution in [1.29, 1.82) is 0 Å². The van der Waals surface area contributed by atoms with Crippen molar-refractivity contribution in [2.75, 3.05) is 26.7 Å². The number of Topliss-reactive ketones (excluding diaryl/α,β-unsaturated/α-hetero) is 1. The van der Waals surface area contributed by atoms with E-state index in [9.17, 15) is 4.79 Å². The van der Waals surface area contributed by atoms with E-state index in [0.29, 0.717) is 6.54 Å². The molecule has 1 atom stereocenters. The number of ketones is 1. The minimum atomic E-state index is -0.119. The molecule has 0 aromatic heterocycles. The standard InChI is InChI=1S/C15H20BrNO2/c1-15(19-2)8-5-9-17(11-15)10-14(18)12-6-3-4-7-13(12)16/h3-4,6-7H,5,8-11H2,1-2H3. The third kappa shape index (κ3) is 3.65. The summed E-state index contributed by atoms with van der Waals surface area (Å²) in [6.07, 6.45) is 2.14. The molecular formula is C15H20BrNO2. The first-order valence-electron chi connectivity index (χ1n) is 6.59. The summed E-state index contributed by atoms with van der Waals surface area (Å²) in [6.45, 7) is 4.36.